The summed E-state index contributed by atoms with van der Waals surface area (Å²) >= 11 is 0. The average molecular weight is 201 g/mol. The van der Waals surface area contributed by atoms with Crippen molar-refractivity contribution in [3.8, 4) is 6.07 Å². The van der Waals surface area contributed by atoms with Gasteiger partial charge in [0.2, 0.25) is 0 Å². The molecule has 0 heterocycles. The van der Waals surface area contributed by atoms with Crippen molar-refractivity contribution in [2.45, 2.75) is 6.10 Å². The van der Waals surface area contributed by atoms with Crippen molar-refractivity contribution in [3.63, 3.8) is 0 Å². The lowest BCUT2D eigenvalue weighted by atomic mass is 10.3. The summed E-state index contributed by atoms with van der Waals surface area (Å²) in [4.78, 5) is 21.6. The summed E-state index contributed by atoms with van der Waals surface area (Å²) < 4.78 is 0. The Morgan fingerprint density at radius 2 is 1.93 bits per heavy atom. The van der Waals surface area contributed by atoms with Gasteiger partial charge in [-0.2, -0.15) is 5.26 Å². The zero-order valence-corrected chi connectivity index (χ0v) is 7.36. The molecule has 7 heteroatoms. The third-order valence-electron chi connectivity index (χ3n) is 1.24. The van der Waals surface area contributed by atoms with Gasteiger partial charge < -0.3 is 20.8 Å². The average Bonchev–Trinajstić information content (AvgIpc) is 2.21. The number of amides is 2. The van der Waals surface area contributed by atoms with Crippen LogP contribution in [0.1, 0.15) is 0 Å². The monoisotopic (exact) mass is 201 g/mol. The minimum Gasteiger partial charge on any atom is -0.394 e. The van der Waals surface area contributed by atoms with Crippen molar-refractivity contribution in [1.82, 2.24) is 10.6 Å². The van der Waals surface area contributed by atoms with Crippen LogP contribution in [-0.4, -0.2) is 47.8 Å². The van der Waals surface area contributed by atoms with Gasteiger partial charge in [-0.3, -0.25) is 9.59 Å². The molecular weight excluding hydrogens is 190 g/mol. The van der Waals surface area contributed by atoms with E-state index in [0.29, 0.717) is 0 Å². The molecule has 0 fully saturated rings. The first-order chi connectivity index (χ1) is 6.61. The van der Waals surface area contributed by atoms with E-state index in [9.17, 15) is 9.59 Å². The summed E-state index contributed by atoms with van der Waals surface area (Å²) in [6.45, 7) is -0.968. The molecule has 14 heavy (non-hydrogen) atoms. The largest absolute Gasteiger partial charge is 0.394 e. The highest BCUT2D eigenvalue weighted by Gasteiger charge is 2.13. The fraction of sp³-hybridized carbons (Fsp3) is 0.571. The molecule has 0 aromatic heterocycles. The van der Waals surface area contributed by atoms with E-state index < -0.39 is 24.5 Å². The number of aliphatic hydroxyl groups is 2. The molecule has 0 radical (unpaired) electrons. The van der Waals surface area contributed by atoms with E-state index in [1.54, 1.807) is 6.07 Å². The molecule has 2 amide bonds. The summed E-state index contributed by atoms with van der Waals surface area (Å²) in [5, 5.41) is 29.4. The number of nitrogens with zero attached hydrogens (tertiary/aromatic N) is 1. The Labute approximate surface area is 80.3 Å². The fourth-order valence-electron chi connectivity index (χ4n) is 0.555. The van der Waals surface area contributed by atoms with Crippen molar-refractivity contribution < 1.29 is 19.8 Å². The lowest BCUT2D eigenvalue weighted by Gasteiger charge is -2.07. The van der Waals surface area contributed by atoms with Gasteiger partial charge in [0.15, 0.2) is 0 Å². The van der Waals surface area contributed by atoms with Gasteiger partial charge >= 0.3 is 11.8 Å². The van der Waals surface area contributed by atoms with Crippen molar-refractivity contribution in [3.05, 3.63) is 0 Å². The number of hydrogen-bond acceptors (Lipinski definition) is 5. The normalized spacial score (nSPS) is 11.2. The lowest BCUT2D eigenvalue weighted by molar-refractivity contribution is -0.139. The fourth-order valence-corrected chi connectivity index (χ4v) is 0.555. The molecule has 78 valence electrons. The molecule has 0 aliphatic heterocycles. The van der Waals surface area contributed by atoms with E-state index in [-0.39, 0.29) is 13.1 Å². The van der Waals surface area contributed by atoms with Crippen LogP contribution in [-0.2, 0) is 9.59 Å². The van der Waals surface area contributed by atoms with Gasteiger partial charge in [0.05, 0.1) is 18.8 Å². The molecule has 4 N–H and O–H groups in total. The van der Waals surface area contributed by atoms with Gasteiger partial charge in [-0.25, -0.2) is 0 Å². The van der Waals surface area contributed by atoms with Crippen LogP contribution in [0.3, 0.4) is 0 Å². The molecule has 7 nitrogen and oxygen atoms in total. The molecule has 0 bridgehead atoms. The van der Waals surface area contributed by atoms with Crippen molar-refractivity contribution in [2.75, 3.05) is 19.7 Å². The third kappa shape index (κ3) is 5.08. The molecule has 0 aliphatic carbocycles. The van der Waals surface area contributed by atoms with Gasteiger partial charge in [0.1, 0.15) is 6.54 Å². The highest BCUT2D eigenvalue weighted by atomic mass is 16.3. The van der Waals surface area contributed by atoms with Gasteiger partial charge in [-0.1, -0.05) is 0 Å². The second-order valence-electron chi connectivity index (χ2n) is 2.39. The molecule has 0 aromatic carbocycles. The molecule has 0 saturated heterocycles. The minimum atomic E-state index is -1.09. The Morgan fingerprint density at radius 1 is 1.36 bits per heavy atom. The zero-order valence-electron chi connectivity index (χ0n) is 7.36. The standard InChI is InChI=1S/C7H11N3O4/c8-1-2-9-6(13)7(14)10-3-5(12)4-11/h5,11-12H,2-4H2,(H,9,13)(H,10,14). The highest BCUT2D eigenvalue weighted by molar-refractivity contribution is 6.35. The summed E-state index contributed by atoms with van der Waals surface area (Å²) in [5.41, 5.74) is 0. The Morgan fingerprint density at radius 3 is 2.43 bits per heavy atom. The summed E-state index contributed by atoms with van der Waals surface area (Å²) in [6, 6.07) is 1.63. The topological polar surface area (TPSA) is 122 Å². The van der Waals surface area contributed by atoms with Crippen molar-refractivity contribution >= 4 is 11.8 Å². The first kappa shape index (κ1) is 12.3. The second-order valence-corrected chi connectivity index (χ2v) is 2.39. The van der Waals surface area contributed by atoms with Gasteiger partial charge in [0, 0.05) is 6.54 Å². The number of carbonyl (C=O) groups excluding carboxylic acids is 2. The van der Waals surface area contributed by atoms with Crippen LogP contribution in [0.5, 0.6) is 0 Å². The van der Waals surface area contributed by atoms with Crippen molar-refractivity contribution in [1.29, 1.82) is 5.26 Å². The quantitative estimate of drug-likeness (QED) is 0.287. The summed E-state index contributed by atoms with van der Waals surface area (Å²) in [7, 11) is 0. The Bertz CT molecular complexity index is 248. The van der Waals surface area contributed by atoms with Crippen LogP contribution in [0.25, 0.3) is 0 Å². The van der Waals surface area contributed by atoms with Crippen LogP contribution in [0.15, 0.2) is 0 Å². The Hall–Kier alpha value is -1.65. The maximum atomic E-state index is 10.8. The molecule has 1 atom stereocenters. The predicted molar refractivity (Wildman–Crippen MR) is 44.7 cm³/mol. The Kier molecular flexibility index (Phi) is 6.02. The van der Waals surface area contributed by atoms with Crippen LogP contribution < -0.4 is 10.6 Å². The number of aliphatic hydroxyl groups excluding tert-OH is 2. The first-order valence-corrected chi connectivity index (χ1v) is 3.83. The SMILES string of the molecule is N#CCNC(=O)C(=O)NCC(O)CO. The van der Waals surface area contributed by atoms with E-state index >= 15 is 0 Å². The molecule has 0 spiro atoms. The Balaban J connectivity index is 3.74. The van der Waals surface area contributed by atoms with Crippen molar-refractivity contribution in [2.24, 2.45) is 0 Å². The first-order valence-electron chi connectivity index (χ1n) is 3.83. The minimum absolute atomic E-state index is 0.213. The van der Waals surface area contributed by atoms with Gasteiger partial charge in [-0.15, -0.1) is 0 Å². The summed E-state index contributed by atoms with van der Waals surface area (Å²) in [5.74, 6) is -1.90. The van der Waals surface area contributed by atoms with E-state index in [4.69, 9.17) is 15.5 Å². The van der Waals surface area contributed by atoms with Crippen LogP contribution in [0.4, 0.5) is 0 Å². The zero-order chi connectivity index (χ0) is 11.0. The predicted octanol–water partition coefficient (Wildman–Crippen LogP) is -2.90. The van der Waals surface area contributed by atoms with Gasteiger partial charge in [-0.05, 0) is 0 Å². The second kappa shape index (κ2) is 6.82. The molecule has 0 aliphatic rings. The molecule has 1 unspecified atom stereocenters. The maximum Gasteiger partial charge on any atom is 0.310 e. The van der Waals surface area contributed by atoms with E-state index in [2.05, 4.69) is 5.32 Å². The number of rotatable bonds is 4. The molecule has 0 aromatic rings. The smallest absolute Gasteiger partial charge is 0.310 e. The highest BCUT2D eigenvalue weighted by Crippen LogP contribution is 1.77. The van der Waals surface area contributed by atoms with Crippen LogP contribution in [0, 0.1) is 11.3 Å². The number of nitriles is 1. The van der Waals surface area contributed by atoms with Gasteiger partial charge in [0.25, 0.3) is 0 Å². The van der Waals surface area contributed by atoms with Crippen LogP contribution in [0.2, 0.25) is 0 Å². The summed E-state index contributed by atoms with van der Waals surface area (Å²) in [6.07, 6.45) is -1.09. The molecule has 0 rings (SSSR count). The maximum absolute atomic E-state index is 10.8. The molecule has 0 saturated carbocycles. The third-order valence-corrected chi connectivity index (χ3v) is 1.24. The lowest BCUT2D eigenvalue weighted by Crippen LogP contribution is -2.43. The molecular formula is C7H11N3O4. The van der Waals surface area contributed by atoms with E-state index in [0.717, 1.165) is 0 Å². The van der Waals surface area contributed by atoms with E-state index in [1.807, 2.05) is 5.32 Å². The number of nitrogens with one attached hydrogen (secondary N) is 2. The number of hydrogen-bond donors (Lipinski definition) is 4. The van der Waals surface area contributed by atoms with E-state index in [1.165, 1.54) is 0 Å². The van der Waals surface area contributed by atoms with Crippen LogP contribution >= 0.6 is 0 Å². The number of carbonyl (C=O) groups is 2.